The number of carbonyl (C=O) groups is 1. The number of sulfonamides is 1. The van der Waals surface area contributed by atoms with Crippen molar-refractivity contribution in [2.75, 3.05) is 13.1 Å². The van der Waals surface area contributed by atoms with Gasteiger partial charge in [-0.05, 0) is 35.7 Å². The topological polar surface area (TPSA) is 105 Å². The minimum absolute atomic E-state index is 0.116. The van der Waals surface area contributed by atoms with E-state index in [2.05, 4.69) is 15.5 Å². The fourth-order valence-electron chi connectivity index (χ4n) is 3.05. The Labute approximate surface area is 170 Å². The van der Waals surface area contributed by atoms with Gasteiger partial charge in [0, 0.05) is 13.1 Å². The quantitative estimate of drug-likeness (QED) is 0.634. The Kier molecular flexibility index (Phi) is 5.58. The van der Waals surface area contributed by atoms with Gasteiger partial charge in [0.1, 0.15) is 4.21 Å². The number of hydrogen-bond acceptors (Lipinski definition) is 8. The van der Waals surface area contributed by atoms with Crippen molar-refractivity contribution in [3.05, 3.63) is 40.9 Å². The Bertz CT molecular complexity index is 1030. The molecule has 0 aliphatic carbocycles. The highest BCUT2D eigenvalue weighted by molar-refractivity contribution is 7.91. The molecule has 0 bridgehead atoms. The summed E-state index contributed by atoms with van der Waals surface area (Å²) in [4.78, 5) is 17.7. The molecule has 0 aromatic carbocycles. The Morgan fingerprint density at radius 1 is 1.29 bits per heavy atom. The predicted molar refractivity (Wildman–Crippen MR) is 105 cm³/mol. The van der Waals surface area contributed by atoms with Crippen molar-refractivity contribution < 1.29 is 17.7 Å². The van der Waals surface area contributed by atoms with Crippen molar-refractivity contribution in [1.29, 1.82) is 0 Å². The molecule has 28 heavy (non-hydrogen) atoms. The molecule has 3 aromatic heterocycles. The van der Waals surface area contributed by atoms with E-state index in [4.69, 9.17) is 4.52 Å². The van der Waals surface area contributed by atoms with Crippen LogP contribution < -0.4 is 5.32 Å². The van der Waals surface area contributed by atoms with Gasteiger partial charge in [0.25, 0.3) is 10.0 Å². The molecule has 1 atom stereocenters. The van der Waals surface area contributed by atoms with Gasteiger partial charge >= 0.3 is 0 Å². The summed E-state index contributed by atoms with van der Waals surface area (Å²) in [5.41, 5.74) is 0. The SMILES string of the molecule is O=C(NCc1nc(-c2cccs2)no1)[C@H]1CCCN(S(=O)(=O)c2cccs2)C1. The minimum atomic E-state index is -3.54. The van der Waals surface area contributed by atoms with E-state index >= 15 is 0 Å². The molecule has 8 nitrogen and oxygen atoms in total. The standard InChI is InChI=1S/C17H18N4O4S3/c22-17(18-10-14-19-16(20-25-14)13-5-2-8-26-13)12-4-1-7-21(11-12)28(23,24)15-6-3-9-27-15/h2-3,5-6,8-9,12H,1,4,7,10-11H2,(H,18,22)/t12-/m0/s1. The van der Waals surface area contributed by atoms with Gasteiger partial charge in [0.15, 0.2) is 0 Å². The first kappa shape index (κ1) is 19.2. The molecule has 11 heteroatoms. The molecule has 0 unspecified atom stereocenters. The van der Waals surface area contributed by atoms with E-state index in [0.29, 0.717) is 35.3 Å². The molecule has 1 fully saturated rings. The van der Waals surface area contributed by atoms with Crippen LogP contribution in [0.15, 0.2) is 43.8 Å². The third-order valence-electron chi connectivity index (χ3n) is 4.47. The maximum Gasteiger partial charge on any atom is 0.252 e. The molecule has 148 valence electrons. The number of nitrogens with one attached hydrogen (secondary N) is 1. The van der Waals surface area contributed by atoms with Crippen LogP contribution in [0, 0.1) is 5.92 Å². The molecule has 1 aliphatic rings. The van der Waals surface area contributed by atoms with Gasteiger partial charge in [0.05, 0.1) is 17.3 Å². The van der Waals surface area contributed by atoms with Crippen molar-refractivity contribution >= 4 is 38.6 Å². The zero-order chi connectivity index (χ0) is 19.6. The summed E-state index contributed by atoms with van der Waals surface area (Å²) in [6.07, 6.45) is 1.29. The third kappa shape index (κ3) is 4.02. The van der Waals surface area contributed by atoms with Crippen molar-refractivity contribution in [1.82, 2.24) is 19.8 Å². The first-order valence-electron chi connectivity index (χ1n) is 8.72. The fourth-order valence-corrected chi connectivity index (χ4v) is 6.37. The van der Waals surface area contributed by atoms with Crippen molar-refractivity contribution in [3.63, 3.8) is 0 Å². The molecule has 1 aliphatic heterocycles. The first-order chi connectivity index (χ1) is 13.5. The van der Waals surface area contributed by atoms with Crippen LogP contribution in [0.2, 0.25) is 0 Å². The van der Waals surface area contributed by atoms with Crippen LogP contribution in [0.25, 0.3) is 10.7 Å². The van der Waals surface area contributed by atoms with Gasteiger partial charge < -0.3 is 9.84 Å². The molecule has 0 saturated carbocycles. The number of hydrogen-bond donors (Lipinski definition) is 1. The molecule has 1 saturated heterocycles. The zero-order valence-electron chi connectivity index (χ0n) is 14.8. The number of amides is 1. The average molecular weight is 439 g/mol. The van der Waals surface area contributed by atoms with E-state index in [1.807, 2.05) is 17.5 Å². The minimum Gasteiger partial charge on any atom is -0.347 e. The summed E-state index contributed by atoms with van der Waals surface area (Å²) < 4.78 is 32.2. The van der Waals surface area contributed by atoms with Crippen LogP contribution in [0.4, 0.5) is 0 Å². The van der Waals surface area contributed by atoms with E-state index in [9.17, 15) is 13.2 Å². The van der Waals surface area contributed by atoms with Crippen molar-refractivity contribution in [3.8, 4) is 10.7 Å². The largest absolute Gasteiger partial charge is 0.347 e. The number of thiophene rings is 2. The monoisotopic (exact) mass is 438 g/mol. The zero-order valence-corrected chi connectivity index (χ0v) is 17.2. The molecule has 0 radical (unpaired) electrons. The first-order valence-corrected chi connectivity index (χ1v) is 11.9. The summed E-state index contributed by atoms with van der Waals surface area (Å²) in [7, 11) is -3.54. The van der Waals surface area contributed by atoms with Gasteiger partial charge in [-0.25, -0.2) is 8.42 Å². The Morgan fingerprint density at radius 2 is 2.11 bits per heavy atom. The van der Waals surface area contributed by atoms with Crippen LogP contribution in [0.1, 0.15) is 18.7 Å². The second-order valence-corrected chi connectivity index (χ2v) is 10.4. The molecule has 1 amide bonds. The van der Waals surface area contributed by atoms with Gasteiger partial charge in [-0.2, -0.15) is 9.29 Å². The molecular weight excluding hydrogens is 420 g/mol. The van der Waals surface area contributed by atoms with E-state index < -0.39 is 15.9 Å². The Balaban J connectivity index is 1.36. The van der Waals surface area contributed by atoms with Crippen LogP contribution in [-0.4, -0.2) is 41.9 Å². The predicted octanol–water partition coefficient (Wildman–Crippen LogP) is 2.58. The lowest BCUT2D eigenvalue weighted by Gasteiger charge is -2.30. The lowest BCUT2D eigenvalue weighted by Crippen LogP contribution is -2.45. The summed E-state index contributed by atoms with van der Waals surface area (Å²) in [5, 5.41) is 10.3. The average Bonchev–Trinajstić information content (AvgIpc) is 3.48. The lowest BCUT2D eigenvalue weighted by molar-refractivity contribution is -0.126. The van der Waals surface area contributed by atoms with Crippen molar-refractivity contribution in [2.24, 2.45) is 5.92 Å². The molecule has 0 spiro atoms. The number of rotatable bonds is 6. The lowest BCUT2D eigenvalue weighted by atomic mass is 9.99. The highest BCUT2D eigenvalue weighted by Gasteiger charge is 2.33. The molecular formula is C17H18N4O4S3. The number of carbonyl (C=O) groups excluding carboxylic acids is 1. The van der Waals surface area contributed by atoms with Crippen LogP contribution in [0.3, 0.4) is 0 Å². The van der Waals surface area contributed by atoms with E-state index in [-0.39, 0.29) is 19.0 Å². The van der Waals surface area contributed by atoms with Gasteiger partial charge in [-0.3, -0.25) is 4.79 Å². The Morgan fingerprint density at radius 3 is 2.86 bits per heavy atom. The highest BCUT2D eigenvalue weighted by atomic mass is 32.2. The van der Waals surface area contributed by atoms with Crippen LogP contribution >= 0.6 is 22.7 Å². The maximum absolute atomic E-state index is 12.7. The van der Waals surface area contributed by atoms with Gasteiger partial charge in [-0.15, -0.1) is 22.7 Å². The van der Waals surface area contributed by atoms with Gasteiger partial charge in [-0.1, -0.05) is 17.3 Å². The normalized spacial score (nSPS) is 18.2. The smallest absolute Gasteiger partial charge is 0.252 e. The second-order valence-electron chi connectivity index (χ2n) is 6.34. The van der Waals surface area contributed by atoms with E-state index in [1.54, 1.807) is 17.5 Å². The highest BCUT2D eigenvalue weighted by Crippen LogP contribution is 2.26. The molecule has 4 heterocycles. The molecule has 4 rings (SSSR count). The molecule has 1 N–H and O–H groups in total. The third-order valence-corrected chi connectivity index (χ3v) is 8.57. The fraction of sp³-hybridized carbons (Fsp3) is 0.353. The summed E-state index contributed by atoms with van der Waals surface area (Å²) in [5.74, 6) is 0.200. The Hall–Kier alpha value is -2.08. The summed E-state index contributed by atoms with van der Waals surface area (Å²) >= 11 is 2.69. The van der Waals surface area contributed by atoms with Crippen LogP contribution in [-0.2, 0) is 21.4 Å². The number of piperidine rings is 1. The van der Waals surface area contributed by atoms with Crippen molar-refractivity contribution in [2.45, 2.75) is 23.6 Å². The number of nitrogens with zero attached hydrogens (tertiary/aromatic N) is 3. The van der Waals surface area contributed by atoms with Crippen LogP contribution in [0.5, 0.6) is 0 Å². The summed E-state index contributed by atoms with van der Waals surface area (Å²) in [6.45, 7) is 0.722. The van der Waals surface area contributed by atoms with E-state index in [0.717, 1.165) is 4.88 Å². The summed E-state index contributed by atoms with van der Waals surface area (Å²) in [6, 6.07) is 7.09. The maximum atomic E-state index is 12.7. The molecule has 3 aromatic rings. The second kappa shape index (κ2) is 8.11. The van der Waals surface area contributed by atoms with E-state index in [1.165, 1.54) is 27.0 Å². The van der Waals surface area contributed by atoms with Gasteiger partial charge in [0.2, 0.25) is 17.6 Å². The number of aromatic nitrogens is 2.